The molecule has 0 atom stereocenters. The Bertz CT molecular complexity index is 1270. The van der Waals surface area contributed by atoms with Gasteiger partial charge in [-0.15, -0.1) is 0 Å². The molecule has 0 aromatic heterocycles. The molecule has 9 heteroatoms. The van der Waals surface area contributed by atoms with Crippen molar-refractivity contribution in [3.05, 3.63) is 66.2 Å². The van der Waals surface area contributed by atoms with Crippen LogP contribution < -0.4 is 23.8 Å². The highest BCUT2D eigenvalue weighted by Gasteiger charge is 2.26. The second-order valence-electron chi connectivity index (χ2n) is 6.77. The number of carbonyl (C=O) groups is 1. The normalized spacial score (nSPS) is 12.9. The standard InChI is InChI=1S/C22H20N2O6S/c1-24-17-6-4-5-7-19(17)30-18-10-8-14(12-16(18)22(24)25)23-31(26,27)15-9-11-20(28-2)21(13-15)29-3/h4-13,23H,1-3H3. The van der Waals surface area contributed by atoms with Gasteiger partial charge in [0, 0.05) is 18.8 Å². The predicted octanol–water partition coefficient (Wildman–Crippen LogP) is 3.89. The van der Waals surface area contributed by atoms with Gasteiger partial charge in [-0.05, 0) is 42.5 Å². The molecule has 0 aliphatic carbocycles. The summed E-state index contributed by atoms with van der Waals surface area (Å²) < 4.78 is 44.5. The van der Waals surface area contributed by atoms with Crippen LogP contribution >= 0.6 is 0 Å². The molecule has 0 saturated carbocycles. The van der Waals surface area contributed by atoms with Gasteiger partial charge in [-0.3, -0.25) is 9.52 Å². The minimum absolute atomic E-state index is 0.00723. The Morgan fingerprint density at radius 1 is 0.903 bits per heavy atom. The van der Waals surface area contributed by atoms with Crippen molar-refractivity contribution >= 4 is 27.3 Å². The second kappa shape index (κ2) is 7.84. The molecule has 3 aromatic carbocycles. The van der Waals surface area contributed by atoms with E-state index >= 15 is 0 Å². The Morgan fingerprint density at radius 2 is 1.65 bits per heavy atom. The smallest absolute Gasteiger partial charge is 0.262 e. The van der Waals surface area contributed by atoms with E-state index < -0.39 is 10.0 Å². The van der Waals surface area contributed by atoms with E-state index in [0.29, 0.717) is 22.9 Å². The van der Waals surface area contributed by atoms with Gasteiger partial charge in [-0.2, -0.15) is 0 Å². The topological polar surface area (TPSA) is 94.2 Å². The number of ether oxygens (including phenoxy) is 3. The van der Waals surface area contributed by atoms with E-state index in [0.717, 1.165) is 0 Å². The van der Waals surface area contributed by atoms with Crippen LogP contribution in [0, 0.1) is 0 Å². The van der Waals surface area contributed by atoms with Gasteiger partial charge in [0.2, 0.25) is 0 Å². The molecule has 0 spiro atoms. The highest BCUT2D eigenvalue weighted by molar-refractivity contribution is 7.92. The first-order valence-corrected chi connectivity index (χ1v) is 10.8. The Kier molecular flexibility index (Phi) is 5.20. The fourth-order valence-electron chi connectivity index (χ4n) is 3.28. The molecule has 31 heavy (non-hydrogen) atoms. The molecule has 1 aliphatic heterocycles. The number of nitrogens with one attached hydrogen (secondary N) is 1. The highest BCUT2D eigenvalue weighted by atomic mass is 32.2. The number of methoxy groups -OCH3 is 2. The lowest BCUT2D eigenvalue weighted by Crippen LogP contribution is -2.25. The third-order valence-electron chi connectivity index (χ3n) is 4.88. The summed E-state index contributed by atoms with van der Waals surface area (Å²) in [5.41, 5.74) is 1.09. The fourth-order valence-corrected chi connectivity index (χ4v) is 4.34. The molecule has 160 valence electrons. The SMILES string of the molecule is COc1ccc(S(=O)(=O)Nc2ccc3c(c2)C(=O)N(C)c2ccccc2O3)cc1OC. The maximum Gasteiger partial charge on any atom is 0.262 e. The number of benzene rings is 3. The first-order chi connectivity index (χ1) is 14.8. The Labute approximate surface area is 180 Å². The van der Waals surface area contributed by atoms with Crippen molar-refractivity contribution in [1.82, 2.24) is 0 Å². The number of carbonyl (C=O) groups excluding carboxylic acids is 1. The lowest BCUT2D eigenvalue weighted by Gasteiger charge is -2.16. The number of amides is 1. The van der Waals surface area contributed by atoms with E-state index in [2.05, 4.69) is 4.72 Å². The van der Waals surface area contributed by atoms with Crippen LogP contribution in [0.3, 0.4) is 0 Å². The van der Waals surface area contributed by atoms with Crippen LogP contribution in [0.2, 0.25) is 0 Å². The number of hydrogen-bond donors (Lipinski definition) is 1. The summed E-state index contributed by atoms with van der Waals surface area (Å²) in [6.45, 7) is 0. The van der Waals surface area contributed by atoms with Crippen molar-refractivity contribution in [3.63, 3.8) is 0 Å². The Morgan fingerprint density at radius 3 is 2.39 bits per heavy atom. The van der Waals surface area contributed by atoms with Crippen molar-refractivity contribution in [2.24, 2.45) is 0 Å². The zero-order chi connectivity index (χ0) is 22.2. The average molecular weight is 440 g/mol. The molecule has 0 radical (unpaired) electrons. The number of rotatable bonds is 5. The number of fused-ring (bicyclic) bond motifs is 2. The van der Waals surface area contributed by atoms with E-state index in [1.54, 1.807) is 31.3 Å². The highest BCUT2D eigenvalue weighted by Crippen LogP contribution is 2.39. The summed E-state index contributed by atoms with van der Waals surface area (Å²) in [6, 6.07) is 16.0. The van der Waals surface area contributed by atoms with Crippen molar-refractivity contribution in [2.75, 3.05) is 30.9 Å². The number of nitrogens with zero attached hydrogens (tertiary/aromatic N) is 1. The van der Waals surface area contributed by atoms with Gasteiger partial charge >= 0.3 is 0 Å². The number of anilines is 2. The lowest BCUT2D eigenvalue weighted by molar-refractivity contribution is 0.0993. The van der Waals surface area contributed by atoms with Crippen LogP contribution in [0.15, 0.2) is 65.6 Å². The van der Waals surface area contributed by atoms with Gasteiger partial charge in [-0.1, -0.05) is 12.1 Å². The van der Waals surface area contributed by atoms with Gasteiger partial charge in [0.15, 0.2) is 17.2 Å². The summed E-state index contributed by atoms with van der Waals surface area (Å²) in [7, 11) is 0.588. The van der Waals surface area contributed by atoms with E-state index in [9.17, 15) is 13.2 Å². The second-order valence-corrected chi connectivity index (χ2v) is 8.45. The van der Waals surface area contributed by atoms with Crippen LogP contribution in [-0.2, 0) is 10.0 Å². The van der Waals surface area contributed by atoms with E-state index in [1.807, 2.05) is 12.1 Å². The number of hydrogen-bond acceptors (Lipinski definition) is 6. The Hall–Kier alpha value is -3.72. The number of sulfonamides is 1. The molecule has 0 bridgehead atoms. The maximum absolute atomic E-state index is 13.0. The summed E-state index contributed by atoms with van der Waals surface area (Å²) in [5.74, 6) is 1.27. The minimum Gasteiger partial charge on any atom is -0.493 e. The predicted molar refractivity (Wildman–Crippen MR) is 116 cm³/mol. The Balaban J connectivity index is 1.68. The van der Waals surface area contributed by atoms with Crippen LogP contribution in [-0.4, -0.2) is 35.6 Å². The first-order valence-electron chi connectivity index (χ1n) is 9.28. The van der Waals surface area contributed by atoms with Gasteiger partial charge in [0.1, 0.15) is 5.75 Å². The zero-order valence-corrected chi connectivity index (χ0v) is 17.9. The monoisotopic (exact) mass is 440 g/mol. The summed E-state index contributed by atoms with van der Waals surface area (Å²) in [4.78, 5) is 14.4. The molecule has 3 aromatic rings. The summed E-state index contributed by atoms with van der Waals surface area (Å²) in [6.07, 6.45) is 0. The molecule has 8 nitrogen and oxygen atoms in total. The van der Waals surface area contributed by atoms with Crippen LogP contribution in [0.25, 0.3) is 0 Å². The molecule has 1 aliphatic rings. The van der Waals surface area contributed by atoms with Crippen LogP contribution in [0.1, 0.15) is 10.4 Å². The summed E-state index contributed by atoms with van der Waals surface area (Å²) in [5, 5.41) is 0. The fraction of sp³-hybridized carbons (Fsp3) is 0.136. The molecular formula is C22H20N2O6S. The lowest BCUT2D eigenvalue weighted by atomic mass is 10.1. The van der Waals surface area contributed by atoms with Gasteiger partial charge in [-0.25, -0.2) is 8.42 Å². The first kappa shape index (κ1) is 20.5. The molecule has 0 fully saturated rings. The third kappa shape index (κ3) is 3.75. The van der Waals surface area contributed by atoms with E-state index in [4.69, 9.17) is 14.2 Å². The quantitative estimate of drug-likeness (QED) is 0.647. The van der Waals surface area contributed by atoms with Gasteiger partial charge in [0.25, 0.3) is 15.9 Å². The molecule has 4 rings (SSSR count). The van der Waals surface area contributed by atoms with Crippen LogP contribution in [0.5, 0.6) is 23.0 Å². The van der Waals surface area contributed by atoms with E-state index in [1.165, 1.54) is 43.4 Å². The largest absolute Gasteiger partial charge is 0.493 e. The molecule has 1 heterocycles. The van der Waals surface area contributed by atoms with E-state index in [-0.39, 0.29) is 27.8 Å². The average Bonchev–Trinajstić information content (AvgIpc) is 2.88. The van der Waals surface area contributed by atoms with Crippen molar-refractivity contribution in [1.29, 1.82) is 0 Å². The molecule has 0 saturated heterocycles. The van der Waals surface area contributed by atoms with Gasteiger partial charge in [0.05, 0.1) is 30.4 Å². The molecule has 1 N–H and O–H groups in total. The molecule has 1 amide bonds. The molecular weight excluding hydrogens is 420 g/mol. The number of para-hydroxylation sites is 2. The van der Waals surface area contributed by atoms with Crippen molar-refractivity contribution < 1.29 is 27.4 Å². The van der Waals surface area contributed by atoms with Crippen molar-refractivity contribution in [2.45, 2.75) is 4.90 Å². The van der Waals surface area contributed by atoms with Crippen LogP contribution in [0.4, 0.5) is 11.4 Å². The third-order valence-corrected chi connectivity index (χ3v) is 6.26. The maximum atomic E-state index is 13.0. The summed E-state index contributed by atoms with van der Waals surface area (Å²) >= 11 is 0. The minimum atomic E-state index is -3.94. The van der Waals surface area contributed by atoms with Crippen molar-refractivity contribution in [3.8, 4) is 23.0 Å². The zero-order valence-electron chi connectivity index (χ0n) is 17.1. The molecule has 0 unspecified atom stereocenters. The van der Waals surface area contributed by atoms with Gasteiger partial charge < -0.3 is 19.1 Å².